The van der Waals surface area contributed by atoms with Crippen molar-refractivity contribution in [3.8, 4) is 5.75 Å². The molecule has 0 aliphatic heterocycles. The Balaban J connectivity index is 1.78. The predicted molar refractivity (Wildman–Crippen MR) is 108 cm³/mol. The first kappa shape index (κ1) is 20.7. The first-order chi connectivity index (χ1) is 13.0. The molecule has 0 saturated carbocycles. The number of amides is 2. The highest BCUT2D eigenvalue weighted by atomic mass is 35.5. The van der Waals surface area contributed by atoms with E-state index in [-0.39, 0.29) is 11.8 Å². The molecule has 2 aromatic rings. The van der Waals surface area contributed by atoms with Crippen LogP contribution in [0.2, 0.25) is 5.02 Å². The standard InChI is InChI=1S/C20H24ClN3O3/c1-3-24(12-13-27-19-7-5-4-6-18(19)21)14-20(26)23-17-10-8-16(9-11-17)22-15(2)25/h4-11H,3,12-14H2,1-2H3,(H,22,25)(H,23,26)/p+1. The van der Waals surface area contributed by atoms with Gasteiger partial charge in [-0.3, -0.25) is 9.59 Å². The van der Waals surface area contributed by atoms with E-state index in [1.165, 1.54) is 6.92 Å². The molecule has 0 fully saturated rings. The molecule has 1 atom stereocenters. The SMILES string of the molecule is CC[NH+](CCOc1ccccc1Cl)CC(=O)Nc1ccc(NC(C)=O)cc1. The molecule has 0 heterocycles. The number of rotatable bonds is 9. The van der Waals surface area contributed by atoms with Gasteiger partial charge in [0.25, 0.3) is 5.91 Å². The van der Waals surface area contributed by atoms with E-state index in [0.29, 0.717) is 41.8 Å². The molecule has 0 aliphatic rings. The van der Waals surface area contributed by atoms with Crippen molar-refractivity contribution in [2.24, 2.45) is 0 Å². The highest BCUT2D eigenvalue weighted by molar-refractivity contribution is 6.32. The second-order valence-corrected chi connectivity index (χ2v) is 6.52. The number of nitrogens with one attached hydrogen (secondary N) is 3. The van der Waals surface area contributed by atoms with Gasteiger partial charge in [0.2, 0.25) is 5.91 Å². The smallest absolute Gasteiger partial charge is 0.279 e. The number of ether oxygens (including phenoxy) is 1. The topological polar surface area (TPSA) is 71.9 Å². The molecule has 2 aromatic carbocycles. The van der Waals surface area contributed by atoms with Crippen LogP contribution in [0, 0.1) is 0 Å². The van der Waals surface area contributed by atoms with Gasteiger partial charge < -0.3 is 20.3 Å². The molecule has 2 rings (SSSR count). The first-order valence-electron chi connectivity index (χ1n) is 8.86. The Hall–Kier alpha value is -2.57. The van der Waals surface area contributed by atoms with Gasteiger partial charge in [-0.1, -0.05) is 23.7 Å². The Morgan fingerprint density at radius 3 is 2.26 bits per heavy atom. The highest BCUT2D eigenvalue weighted by Gasteiger charge is 2.13. The summed E-state index contributed by atoms with van der Waals surface area (Å²) in [5.41, 5.74) is 1.38. The molecule has 0 aromatic heterocycles. The summed E-state index contributed by atoms with van der Waals surface area (Å²) in [6, 6.07) is 14.3. The van der Waals surface area contributed by atoms with Crippen molar-refractivity contribution < 1.29 is 19.2 Å². The van der Waals surface area contributed by atoms with Crippen LogP contribution >= 0.6 is 11.6 Å². The number of benzene rings is 2. The van der Waals surface area contributed by atoms with Crippen LogP contribution in [-0.2, 0) is 9.59 Å². The Kier molecular flexibility index (Phi) is 8.10. The summed E-state index contributed by atoms with van der Waals surface area (Å²) >= 11 is 6.07. The number of halogens is 1. The van der Waals surface area contributed by atoms with E-state index in [4.69, 9.17) is 16.3 Å². The second kappa shape index (κ2) is 10.5. The lowest BCUT2D eigenvalue weighted by molar-refractivity contribution is -0.889. The fourth-order valence-corrected chi connectivity index (χ4v) is 2.72. The fraction of sp³-hybridized carbons (Fsp3) is 0.300. The van der Waals surface area contributed by atoms with Crippen LogP contribution in [-0.4, -0.2) is 38.1 Å². The number of hydrogen-bond acceptors (Lipinski definition) is 3. The van der Waals surface area contributed by atoms with Crippen molar-refractivity contribution >= 4 is 34.8 Å². The van der Waals surface area contributed by atoms with Crippen LogP contribution in [0.25, 0.3) is 0 Å². The summed E-state index contributed by atoms with van der Waals surface area (Å²) in [5, 5.41) is 6.14. The van der Waals surface area contributed by atoms with Crippen LogP contribution < -0.4 is 20.3 Å². The average molecular weight is 391 g/mol. The normalized spacial score (nSPS) is 11.5. The zero-order valence-corrected chi connectivity index (χ0v) is 16.3. The third-order valence-corrected chi connectivity index (χ3v) is 4.26. The first-order valence-corrected chi connectivity index (χ1v) is 9.24. The molecular weight excluding hydrogens is 366 g/mol. The Labute approximate surface area is 164 Å². The Morgan fingerprint density at radius 2 is 1.67 bits per heavy atom. The molecule has 0 radical (unpaired) electrons. The van der Waals surface area contributed by atoms with Gasteiger partial charge in [-0.2, -0.15) is 0 Å². The van der Waals surface area contributed by atoms with Gasteiger partial charge in [-0.25, -0.2) is 0 Å². The number of carbonyl (C=O) groups excluding carboxylic acids is 2. The molecule has 27 heavy (non-hydrogen) atoms. The molecule has 2 amide bonds. The minimum absolute atomic E-state index is 0.0723. The Morgan fingerprint density at radius 1 is 1.04 bits per heavy atom. The molecule has 1 unspecified atom stereocenters. The summed E-state index contributed by atoms with van der Waals surface area (Å²) in [4.78, 5) is 24.4. The number of carbonyl (C=O) groups is 2. The van der Waals surface area contributed by atoms with Crippen molar-refractivity contribution in [3.05, 3.63) is 53.6 Å². The Bertz CT molecular complexity index is 765. The van der Waals surface area contributed by atoms with Gasteiger partial charge in [0.15, 0.2) is 6.54 Å². The molecule has 0 bridgehead atoms. The van der Waals surface area contributed by atoms with E-state index in [1.54, 1.807) is 30.3 Å². The molecule has 0 saturated heterocycles. The number of likely N-dealkylation sites (N-methyl/N-ethyl adjacent to an activating group) is 1. The van der Waals surface area contributed by atoms with E-state index in [0.717, 1.165) is 11.4 Å². The van der Waals surface area contributed by atoms with E-state index in [9.17, 15) is 9.59 Å². The van der Waals surface area contributed by atoms with Gasteiger partial charge >= 0.3 is 0 Å². The van der Waals surface area contributed by atoms with E-state index in [1.807, 2.05) is 25.1 Å². The van der Waals surface area contributed by atoms with Crippen LogP contribution in [0.3, 0.4) is 0 Å². The maximum atomic E-state index is 12.3. The lowest BCUT2D eigenvalue weighted by Gasteiger charge is -2.18. The lowest BCUT2D eigenvalue weighted by atomic mass is 10.2. The average Bonchev–Trinajstić information content (AvgIpc) is 2.63. The van der Waals surface area contributed by atoms with Crippen molar-refractivity contribution in [2.45, 2.75) is 13.8 Å². The molecule has 3 N–H and O–H groups in total. The summed E-state index contributed by atoms with van der Waals surface area (Å²) in [6.07, 6.45) is 0. The highest BCUT2D eigenvalue weighted by Crippen LogP contribution is 2.22. The maximum absolute atomic E-state index is 12.3. The third kappa shape index (κ3) is 7.29. The monoisotopic (exact) mass is 390 g/mol. The summed E-state index contributed by atoms with van der Waals surface area (Å²) < 4.78 is 5.69. The van der Waals surface area contributed by atoms with Gasteiger partial charge in [-0.05, 0) is 43.3 Å². The van der Waals surface area contributed by atoms with Crippen LogP contribution in [0.5, 0.6) is 5.75 Å². The van der Waals surface area contributed by atoms with E-state index in [2.05, 4.69) is 10.6 Å². The van der Waals surface area contributed by atoms with Crippen molar-refractivity contribution in [3.63, 3.8) is 0 Å². The summed E-state index contributed by atoms with van der Waals surface area (Å²) in [6.45, 7) is 5.80. The lowest BCUT2D eigenvalue weighted by Crippen LogP contribution is -3.13. The van der Waals surface area contributed by atoms with Crippen LogP contribution in [0.15, 0.2) is 48.5 Å². The molecule has 6 nitrogen and oxygen atoms in total. The summed E-state index contributed by atoms with van der Waals surface area (Å²) in [7, 11) is 0. The van der Waals surface area contributed by atoms with Crippen LogP contribution in [0.1, 0.15) is 13.8 Å². The van der Waals surface area contributed by atoms with Gasteiger partial charge in [-0.15, -0.1) is 0 Å². The number of anilines is 2. The van der Waals surface area contributed by atoms with Gasteiger partial charge in [0, 0.05) is 18.3 Å². The third-order valence-electron chi connectivity index (χ3n) is 3.95. The number of hydrogen-bond donors (Lipinski definition) is 3. The number of para-hydroxylation sites is 1. The zero-order valence-electron chi connectivity index (χ0n) is 15.5. The van der Waals surface area contributed by atoms with Crippen molar-refractivity contribution in [1.29, 1.82) is 0 Å². The zero-order chi connectivity index (χ0) is 19.6. The predicted octanol–water partition coefficient (Wildman–Crippen LogP) is 2.22. The largest absolute Gasteiger partial charge is 0.486 e. The van der Waals surface area contributed by atoms with Gasteiger partial charge in [0.05, 0.1) is 11.6 Å². The molecular formula is C20H25ClN3O3+. The van der Waals surface area contributed by atoms with E-state index < -0.39 is 0 Å². The molecule has 7 heteroatoms. The molecule has 144 valence electrons. The van der Waals surface area contributed by atoms with Crippen molar-refractivity contribution in [1.82, 2.24) is 0 Å². The van der Waals surface area contributed by atoms with Crippen LogP contribution in [0.4, 0.5) is 11.4 Å². The maximum Gasteiger partial charge on any atom is 0.279 e. The number of quaternary nitrogens is 1. The van der Waals surface area contributed by atoms with E-state index >= 15 is 0 Å². The minimum atomic E-state index is -0.131. The quantitative estimate of drug-likeness (QED) is 0.614. The van der Waals surface area contributed by atoms with Crippen molar-refractivity contribution in [2.75, 3.05) is 36.9 Å². The minimum Gasteiger partial charge on any atom is -0.486 e. The van der Waals surface area contributed by atoms with Gasteiger partial charge in [0.1, 0.15) is 18.9 Å². The molecule has 0 aliphatic carbocycles. The fourth-order valence-electron chi connectivity index (χ4n) is 2.53. The summed E-state index contributed by atoms with van der Waals surface area (Å²) in [5.74, 6) is 0.447. The second-order valence-electron chi connectivity index (χ2n) is 6.12. The molecule has 0 spiro atoms.